The third-order valence-electron chi connectivity index (χ3n) is 3.22. The molecule has 0 radical (unpaired) electrons. The lowest BCUT2D eigenvalue weighted by Gasteiger charge is -2.09. The molecule has 0 unspecified atom stereocenters. The minimum absolute atomic E-state index is 0.198. The molecule has 3 N–H and O–H groups in total. The average Bonchev–Trinajstić information content (AvgIpc) is 2.92. The Morgan fingerprint density at radius 3 is 2.76 bits per heavy atom. The van der Waals surface area contributed by atoms with Gasteiger partial charge in [-0.2, -0.15) is 5.10 Å². The molecule has 0 aliphatic heterocycles. The van der Waals surface area contributed by atoms with Crippen LogP contribution in [0.15, 0.2) is 24.3 Å². The number of nitrogens with two attached hydrogens (primary N) is 1. The van der Waals surface area contributed by atoms with E-state index in [9.17, 15) is 4.79 Å². The maximum Gasteiger partial charge on any atom is 0.273 e. The summed E-state index contributed by atoms with van der Waals surface area (Å²) in [5, 5.41) is 7.21. The number of hydrogen-bond acceptors (Lipinski definition) is 4. The molecule has 2 aromatic rings. The second-order valence-electron chi connectivity index (χ2n) is 4.60. The van der Waals surface area contributed by atoms with Gasteiger partial charge in [0.05, 0.1) is 18.5 Å². The number of nitrogens with one attached hydrogen (secondary N) is 1. The molecule has 0 fully saturated rings. The molecule has 0 bridgehead atoms. The Hall–Kier alpha value is -2.50. The third-order valence-corrected chi connectivity index (χ3v) is 3.22. The maximum atomic E-state index is 12.4. The Morgan fingerprint density at radius 1 is 1.38 bits per heavy atom. The predicted molar refractivity (Wildman–Crippen MR) is 82.6 cm³/mol. The van der Waals surface area contributed by atoms with Crippen molar-refractivity contribution < 1.29 is 9.53 Å². The topological polar surface area (TPSA) is 82.2 Å². The van der Waals surface area contributed by atoms with Crippen molar-refractivity contribution in [1.29, 1.82) is 0 Å². The Balaban J connectivity index is 2.23. The van der Waals surface area contributed by atoms with E-state index in [-0.39, 0.29) is 5.91 Å². The number of hydrogen-bond donors (Lipinski definition) is 2. The molecule has 0 spiro atoms. The minimum Gasteiger partial charge on any atom is -0.495 e. The number of nitrogen functional groups attached to an aromatic ring is 1. The van der Waals surface area contributed by atoms with Crippen LogP contribution in [0.5, 0.6) is 5.75 Å². The van der Waals surface area contributed by atoms with Crippen LogP contribution in [-0.4, -0.2) is 22.8 Å². The zero-order chi connectivity index (χ0) is 15.4. The first-order chi connectivity index (χ1) is 10.1. The number of methoxy groups -OCH3 is 1. The monoisotopic (exact) mass is 288 g/mol. The van der Waals surface area contributed by atoms with Gasteiger partial charge in [-0.1, -0.05) is 6.92 Å². The summed E-state index contributed by atoms with van der Waals surface area (Å²) < 4.78 is 6.84. The highest BCUT2D eigenvalue weighted by Gasteiger charge is 2.14. The molecule has 0 atom stereocenters. The minimum atomic E-state index is -0.198. The highest BCUT2D eigenvalue weighted by molar-refractivity contribution is 6.03. The number of amides is 1. The number of rotatable bonds is 5. The molecule has 0 aliphatic rings. The van der Waals surface area contributed by atoms with E-state index >= 15 is 0 Å². The third kappa shape index (κ3) is 3.16. The molecule has 1 heterocycles. The van der Waals surface area contributed by atoms with E-state index in [0.717, 1.165) is 12.1 Å². The average molecular weight is 288 g/mol. The van der Waals surface area contributed by atoms with E-state index < -0.39 is 0 Å². The van der Waals surface area contributed by atoms with Gasteiger partial charge < -0.3 is 15.8 Å². The van der Waals surface area contributed by atoms with Crippen LogP contribution < -0.4 is 15.8 Å². The molecule has 112 valence electrons. The number of aryl methyl sites for hydroxylation is 2. The van der Waals surface area contributed by atoms with E-state index in [2.05, 4.69) is 10.4 Å². The van der Waals surface area contributed by atoms with Crippen molar-refractivity contribution in [2.24, 2.45) is 0 Å². The van der Waals surface area contributed by atoms with Crippen molar-refractivity contribution in [2.45, 2.75) is 26.8 Å². The molecule has 0 saturated carbocycles. The second-order valence-corrected chi connectivity index (χ2v) is 4.60. The number of aromatic nitrogens is 2. The predicted octanol–water partition coefficient (Wildman–Crippen LogP) is 2.31. The van der Waals surface area contributed by atoms with Crippen LogP contribution in [0.2, 0.25) is 0 Å². The molecule has 6 heteroatoms. The van der Waals surface area contributed by atoms with Crippen LogP contribution >= 0.6 is 0 Å². The SMILES string of the molecule is CCc1cc(C(=O)Nc2ccc(N)c(OC)c2)n(CC)n1. The van der Waals surface area contributed by atoms with Gasteiger partial charge in [0.25, 0.3) is 5.91 Å². The lowest BCUT2D eigenvalue weighted by atomic mass is 10.2. The van der Waals surface area contributed by atoms with Crippen LogP contribution in [-0.2, 0) is 13.0 Å². The lowest BCUT2D eigenvalue weighted by molar-refractivity contribution is 0.101. The van der Waals surface area contributed by atoms with Gasteiger partial charge in [-0.25, -0.2) is 0 Å². The van der Waals surface area contributed by atoms with Gasteiger partial charge in [0.1, 0.15) is 11.4 Å². The van der Waals surface area contributed by atoms with Gasteiger partial charge >= 0.3 is 0 Å². The van der Waals surface area contributed by atoms with Gasteiger partial charge in [0, 0.05) is 18.3 Å². The van der Waals surface area contributed by atoms with E-state index in [1.54, 1.807) is 22.9 Å². The highest BCUT2D eigenvalue weighted by atomic mass is 16.5. The number of carbonyl (C=O) groups is 1. The smallest absolute Gasteiger partial charge is 0.273 e. The van der Waals surface area contributed by atoms with E-state index in [0.29, 0.717) is 29.4 Å². The fraction of sp³-hybridized carbons (Fsp3) is 0.333. The zero-order valence-electron chi connectivity index (χ0n) is 12.5. The van der Waals surface area contributed by atoms with E-state index in [1.165, 1.54) is 7.11 Å². The summed E-state index contributed by atoms with van der Waals surface area (Å²) in [6.07, 6.45) is 0.795. The number of carbonyl (C=O) groups excluding carboxylic acids is 1. The second kappa shape index (κ2) is 6.30. The van der Waals surface area contributed by atoms with Crippen LogP contribution in [0.3, 0.4) is 0 Å². The normalized spacial score (nSPS) is 10.4. The Morgan fingerprint density at radius 2 is 2.14 bits per heavy atom. The number of anilines is 2. The van der Waals surface area contributed by atoms with Crippen molar-refractivity contribution in [1.82, 2.24) is 9.78 Å². The Labute approximate surface area is 123 Å². The molecular formula is C15H20N4O2. The van der Waals surface area contributed by atoms with Crippen LogP contribution in [0.25, 0.3) is 0 Å². The molecule has 1 aromatic carbocycles. The fourth-order valence-electron chi connectivity index (χ4n) is 2.05. The first kappa shape index (κ1) is 14.9. The Kier molecular flexibility index (Phi) is 4.47. The quantitative estimate of drug-likeness (QED) is 0.827. The van der Waals surface area contributed by atoms with Crippen molar-refractivity contribution in [3.8, 4) is 5.75 Å². The molecule has 1 aromatic heterocycles. The van der Waals surface area contributed by atoms with Crippen LogP contribution in [0.4, 0.5) is 11.4 Å². The molecule has 1 amide bonds. The maximum absolute atomic E-state index is 12.4. The van der Waals surface area contributed by atoms with Crippen molar-refractivity contribution in [3.05, 3.63) is 35.7 Å². The summed E-state index contributed by atoms with van der Waals surface area (Å²) in [5.41, 5.74) is 8.37. The number of ether oxygens (including phenoxy) is 1. The standard InChI is InChI=1S/C15H20N4O2/c1-4-10-8-13(19(5-2)18-10)15(20)17-11-6-7-12(16)14(9-11)21-3/h6-9H,4-5,16H2,1-3H3,(H,17,20). The lowest BCUT2D eigenvalue weighted by Crippen LogP contribution is -2.17. The molecule has 2 rings (SSSR count). The summed E-state index contributed by atoms with van der Waals surface area (Å²) in [4.78, 5) is 12.4. The number of nitrogens with zero attached hydrogens (tertiary/aromatic N) is 2. The first-order valence-electron chi connectivity index (χ1n) is 6.90. The first-order valence-corrected chi connectivity index (χ1v) is 6.90. The molecule has 0 aliphatic carbocycles. The summed E-state index contributed by atoms with van der Waals surface area (Å²) in [6, 6.07) is 6.94. The van der Waals surface area contributed by atoms with Gasteiger partial charge in [0.15, 0.2) is 0 Å². The largest absolute Gasteiger partial charge is 0.495 e. The van der Waals surface area contributed by atoms with Crippen molar-refractivity contribution in [2.75, 3.05) is 18.2 Å². The van der Waals surface area contributed by atoms with E-state index in [4.69, 9.17) is 10.5 Å². The van der Waals surface area contributed by atoms with Gasteiger partial charge in [-0.05, 0) is 31.5 Å². The highest BCUT2D eigenvalue weighted by Crippen LogP contribution is 2.25. The van der Waals surface area contributed by atoms with E-state index in [1.807, 2.05) is 19.9 Å². The molecule has 21 heavy (non-hydrogen) atoms. The van der Waals surface area contributed by atoms with Gasteiger partial charge in [-0.3, -0.25) is 9.48 Å². The van der Waals surface area contributed by atoms with Gasteiger partial charge in [0.2, 0.25) is 0 Å². The zero-order valence-corrected chi connectivity index (χ0v) is 12.5. The fourth-order valence-corrected chi connectivity index (χ4v) is 2.05. The summed E-state index contributed by atoms with van der Waals surface area (Å²) in [7, 11) is 1.54. The van der Waals surface area contributed by atoms with Crippen molar-refractivity contribution >= 4 is 17.3 Å². The van der Waals surface area contributed by atoms with Crippen LogP contribution in [0.1, 0.15) is 30.0 Å². The molecule has 0 saturated heterocycles. The molecule has 6 nitrogen and oxygen atoms in total. The summed E-state index contributed by atoms with van der Waals surface area (Å²) in [6.45, 7) is 4.61. The van der Waals surface area contributed by atoms with Crippen molar-refractivity contribution in [3.63, 3.8) is 0 Å². The Bertz CT molecular complexity index is 649. The molecular weight excluding hydrogens is 268 g/mol. The summed E-state index contributed by atoms with van der Waals surface area (Å²) in [5.74, 6) is 0.335. The van der Waals surface area contributed by atoms with Gasteiger partial charge in [-0.15, -0.1) is 0 Å². The summed E-state index contributed by atoms with van der Waals surface area (Å²) >= 11 is 0. The van der Waals surface area contributed by atoms with Crippen LogP contribution in [0, 0.1) is 0 Å². The number of benzene rings is 1.